The summed E-state index contributed by atoms with van der Waals surface area (Å²) in [6.45, 7) is 5.15. The summed E-state index contributed by atoms with van der Waals surface area (Å²) in [6.07, 6.45) is 0.892. The van der Waals surface area contributed by atoms with Gasteiger partial charge in [-0.1, -0.05) is 36.7 Å². The van der Waals surface area contributed by atoms with Crippen molar-refractivity contribution in [1.29, 1.82) is 0 Å². The van der Waals surface area contributed by atoms with E-state index in [9.17, 15) is 9.59 Å². The highest BCUT2D eigenvalue weighted by Gasteiger charge is 2.31. The maximum atomic E-state index is 12.7. The minimum Gasteiger partial charge on any atom is -0.334 e. The van der Waals surface area contributed by atoms with E-state index in [2.05, 4.69) is 5.32 Å². The summed E-state index contributed by atoms with van der Waals surface area (Å²) in [5, 5.41) is 3.46. The third kappa shape index (κ3) is 2.89. The molecule has 1 aliphatic rings. The molecule has 4 nitrogen and oxygen atoms in total. The van der Waals surface area contributed by atoms with Crippen LogP contribution in [0.15, 0.2) is 36.4 Å². The summed E-state index contributed by atoms with van der Waals surface area (Å²) in [4.78, 5) is 27.1. The summed E-state index contributed by atoms with van der Waals surface area (Å²) in [6, 6.07) is 10.8. The molecule has 124 valence electrons. The molecular formula is C19H19ClN2O2. The van der Waals surface area contributed by atoms with E-state index < -0.39 is 0 Å². The largest absolute Gasteiger partial charge is 0.334 e. The zero-order chi connectivity index (χ0) is 17.3. The number of rotatable bonds is 4. The van der Waals surface area contributed by atoms with E-state index in [0.717, 1.165) is 17.5 Å². The minimum absolute atomic E-state index is 0.0691. The molecule has 1 heterocycles. The van der Waals surface area contributed by atoms with Crippen LogP contribution < -0.4 is 5.32 Å². The van der Waals surface area contributed by atoms with Crippen LogP contribution in [-0.4, -0.2) is 23.3 Å². The summed E-state index contributed by atoms with van der Waals surface area (Å²) < 4.78 is 0. The van der Waals surface area contributed by atoms with Crippen molar-refractivity contribution in [1.82, 2.24) is 4.90 Å². The monoisotopic (exact) mass is 342 g/mol. The van der Waals surface area contributed by atoms with Gasteiger partial charge in [0.15, 0.2) is 0 Å². The van der Waals surface area contributed by atoms with Crippen molar-refractivity contribution >= 4 is 29.1 Å². The first-order chi connectivity index (χ1) is 11.5. The normalized spacial score (nSPS) is 13.1. The van der Waals surface area contributed by atoms with E-state index in [4.69, 9.17) is 11.6 Å². The van der Waals surface area contributed by atoms with E-state index in [1.54, 1.807) is 29.2 Å². The first kappa shape index (κ1) is 16.5. The molecule has 2 aromatic carbocycles. The molecule has 3 rings (SSSR count). The van der Waals surface area contributed by atoms with Crippen molar-refractivity contribution in [3.8, 4) is 0 Å². The van der Waals surface area contributed by atoms with Crippen molar-refractivity contribution in [2.45, 2.75) is 26.8 Å². The lowest BCUT2D eigenvalue weighted by molar-refractivity contribution is 0.0774. The minimum atomic E-state index is -0.288. The molecule has 0 bridgehead atoms. The Kier molecular flexibility index (Phi) is 4.58. The molecule has 24 heavy (non-hydrogen) atoms. The van der Waals surface area contributed by atoms with Crippen LogP contribution in [0.2, 0.25) is 5.02 Å². The molecule has 1 aliphatic heterocycles. The number of anilines is 1. The summed E-state index contributed by atoms with van der Waals surface area (Å²) in [5.74, 6) is -0.357. The van der Waals surface area contributed by atoms with Gasteiger partial charge in [0.1, 0.15) is 0 Å². The molecule has 0 saturated carbocycles. The predicted molar refractivity (Wildman–Crippen MR) is 95.6 cm³/mol. The van der Waals surface area contributed by atoms with Crippen LogP contribution in [-0.2, 0) is 6.54 Å². The van der Waals surface area contributed by atoms with Gasteiger partial charge in [-0.2, -0.15) is 0 Å². The topological polar surface area (TPSA) is 49.4 Å². The first-order valence-electron chi connectivity index (χ1n) is 8.00. The van der Waals surface area contributed by atoms with Gasteiger partial charge in [-0.3, -0.25) is 9.59 Å². The molecule has 5 heteroatoms. The number of carbonyl (C=O) groups is 2. The molecule has 0 unspecified atom stereocenters. The van der Waals surface area contributed by atoms with E-state index >= 15 is 0 Å². The number of carbonyl (C=O) groups excluding carboxylic acids is 2. The molecule has 0 atom stereocenters. The van der Waals surface area contributed by atoms with Gasteiger partial charge in [-0.15, -0.1) is 0 Å². The van der Waals surface area contributed by atoms with Crippen LogP contribution in [0.1, 0.15) is 45.2 Å². The van der Waals surface area contributed by atoms with Gasteiger partial charge in [0.05, 0.1) is 11.1 Å². The Bertz CT molecular complexity index is 817. The number of fused-ring (bicyclic) bond motifs is 1. The highest BCUT2D eigenvalue weighted by molar-refractivity contribution is 6.31. The van der Waals surface area contributed by atoms with Gasteiger partial charge < -0.3 is 10.2 Å². The Balaban J connectivity index is 1.92. The number of halogens is 1. The number of hydrogen-bond acceptors (Lipinski definition) is 2. The standard InChI is InChI=1S/C19H19ClN2O2/c1-3-10-22-11-13-6-4-7-14(17(13)19(22)24)18(23)21-16-9-5-8-15(20)12(16)2/h4-9H,3,10-11H2,1-2H3,(H,21,23). The number of nitrogens with zero attached hydrogens (tertiary/aromatic N) is 1. The van der Waals surface area contributed by atoms with Crippen LogP contribution in [0.4, 0.5) is 5.69 Å². The van der Waals surface area contributed by atoms with Crippen LogP contribution in [0, 0.1) is 6.92 Å². The maximum Gasteiger partial charge on any atom is 0.256 e. The lowest BCUT2D eigenvalue weighted by Crippen LogP contribution is -2.26. The van der Waals surface area contributed by atoms with Crippen molar-refractivity contribution in [3.05, 3.63) is 63.7 Å². The van der Waals surface area contributed by atoms with Crippen LogP contribution in [0.3, 0.4) is 0 Å². The third-order valence-corrected chi connectivity index (χ3v) is 4.68. The Morgan fingerprint density at radius 1 is 1.25 bits per heavy atom. The second kappa shape index (κ2) is 6.65. The molecule has 0 radical (unpaired) electrons. The van der Waals surface area contributed by atoms with Gasteiger partial charge in [0.2, 0.25) is 0 Å². The van der Waals surface area contributed by atoms with Crippen LogP contribution >= 0.6 is 11.6 Å². The number of amides is 2. The summed E-state index contributed by atoms with van der Waals surface area (Å²) in [7, 11) is 0. The van der Waals surface area contributed by atoms with Crippen molar-refractivity contribution in [2.24, 2.45) is 0 Å². The maximum absolute atomic E-state index is 12.7. The van der Waals surface area contributed by atoms with Crippen LogP contribution in [0.5, 0.6) is 0 Å². The second-order valence-corrected chi connectivity index (χ2v) is 6.34. The highest BCUT2D eigenvalue weighted by Crippen LogP contribution is 2.28. The predicted octanol–water partition coefficient (Wildman–Crippen LogP) is 4.27. The van der Waals surface area contributed by atoms with Gasteiger partial charge in [-0.05, 0) is 42.7 Å². The fraction of sp³-hybridized carbons (Fsp3) is 0.263. The first-order valence-corrected chi connectivity index (χ1v) is 8.38. The molecule has 0 fully saturated rings. The average Bonchev–Trinajstić information content (AvgIpc) is 2.88. The molecule has 0 aromatic heterocycles. The SMILES string of the molecule is CCCN1Cc2cccc(C(=O)Nc3cccc(Cl)c3C)c2C1=O. The Morgan fingerprint density at radius 3 is 2.75 bits per heavy atom. The molecule has 1 N–H and O–H groups in total. The smallest absolute Gasteiger partial charge is 0.256 e. The fourth-order valence-corrected chi connectivity index (χ4v) is 3.17. The quantitative estimate of drug-likeness (QED) is 0.902. The van der Waals surface area contributed by atoms with Gasteiger partial charge in [0.25, 0.3) is 11.8 Å². The Labute approximate surface area is 146 Å². The van der Waals surface area contributed by atoms with Crippen molar-refractivity contribution in [3.63, 3.8) is 0 Å². The molecule has 2 aromatic rings. The van der Waals surface area contributed by atoms with Crippen molar-refractivity contribution < 1.29 is 9.59 Å². The average molecular weight is 343 g/mol. The zero-order valence-electron chi connectivity index (χ0n) is 13.7. The molecule has 0 aliphatic carbocycles. The van der Waals surface area contributed by atoms with E-state index in [1.807, 2.05) is 26.0 Å². The van der Waals surface area contributed by atoms with Crippen LogP contribution in [0.25, 0.3) is 0 Å². The third-order valence-electron chi connectivity index (χ3n) is 4.27. The summed E-state index contributed by atoms with van der Waals surface area (Å²) >= 11 is 6.10. The van der Waals surface area contributed by atoms with Gasteiger partial charge >= 0.3 is 0 Å². The van der Waals surface area contributed by atoms with E-state index in [0.29, 0.717) is 34.9 Å². The van der Waals surface area contributed by atoms with Gasteiger partial charge in [0, 0.05) is 23.8 Å². The van der Waals surface area contributed by atoms with Crippen molar-refractivity contribution in [2.75, 3.05) is 11.9 Å². The zero-order valence-corrected chi connectivity index (χ0v) is 14.5. The molecule has 0 spiro atoms. The molecule has 0 saturated heterocycles. The molecular weight excluding hydrogens is 324 g/mol. The number of hydrogen-bond donors (Lipinski definition) is 1. The second-order valence-electron chi connectivity index (χ2n) is 5.93. The lowest BCUT2D eigenvalue weighted by atomic mass is 10.0. The molecule has 2 amide bonds. The lowest BCUT2D eigenvalue weighted by Gasteiger charge is -2.14. The fourth-order valence-electron chi connectivity index (χ4n) is 2.99. The highest BCUT2D eigenvalue weighted by atomic mass is 35.5. The van der Waals surface area contributed by atoms with E-state index in [1.165, 1.54) is 0 Å². The number of benzene rings is 2. The Morgan fingerprint density at radius 2 is 2.00 bits per heavy atom. The summed E-state index contributed by atoms with van der Waals surface area (Å²) in [5.41, 5.74) is 3.29. The number of nitrogens with one attached hydrogen (secondary N) is 1. The Hall–Kier alpha value is -2.33. The van der Waals surface area contributed by atoms with Gasteiger partial charge in [-0.25, -0.2) is 0 Å². The van der Waals surface area contributed by atoms with E-state index in [-0.39, 0.29) is 11.8 Å².